The van der Waals surface area contributed by atoms with E-state index < -0.39 is 0 Å². The van der Waals surface area contributed by atoms with Crippen LogP contribution in [0.1, 0.15) is 92.4 Å². The first kappa shape index (κ1) is 22.2. The monoisotopic (exact) mass is 412 g/mol. The molecule has 2 nitrogen and oxygen atoms in total. The number of hydrogen-bond acceptors (Lipinski definition) is 2. The van der Waals surface area contributed by atoms with Crippen LogP contribution in [0.15, 0.2) is 23.5 Å². The highest BCUT2D eigenvalue weighted by atomic mass is 16.5. The van der Waals surface area contributed by atoms with Crippen molar-refractivity contribution in [2.75, 3.05) is 7.11 Å². The van der Waals surface area contributed by atoms with Crippen molar-refractivity contribution in [3.63, 3.8) is 0 Å². The zero-order valence-electron chi connectivity index (χ0n) is 20.3. The molecule has 4 rings (SSSR count). The third-order valence-electron chi connectivity index (χ3n) is 10.0. The SMILES string of the molecule is COC1=CC2=CC(=O)[C@H]3[C@@H]4CC[C@H]([C@H](C)CCCC(C)C)[C@@]4(C)CC[C@@H]3[C@@]2(C)CC1. The van der Waals surface area contributed by atoms with Gasteiger partial charge in [-0.15, -0.1) is 0 Å². The van der Waals surface area contributed by atoms with Crippen LogP contribution in [0.4, 0.5) is 0 Å². The first-order chi connectivity index (χ1) is 14.2. The van der Waals surface area contributed by atoms with Gasteiger partial charge < -0.3 is 4.74 Å². The second-order valence-corrected chi connectivity index (χ2v) is 12.0. The third-order valence-corrected chi connectivity index (χ3v) is 10.0. The molecule has 0 aromatic rings. The minimum atomic E-state index is 0.156. The maximum atomic E-state index is 13.5. The summed E-state index contributed by atoms with van der Waals surface area (Å²) < 4.78 is 5.54. The Labute approximate surface area is 184 Å². The second-order valence-electron chi connectivity index (χ2n) is 12.0. The minimum absolute atomic E-state index is 0.156. The lowest BCUT2D eigenvalue weighted by molar-refractivity contribution is -0.133. The Balaban J connectivity index is 1.56. The molecule has 168 valence electrons. The predicted octanol–water partition coefficient (Wildman–Crippen LogP) is 7.35. The fraction of sp³-hybridized carbons (Fsp3) is 0.821. The van der Waals surface area contributed by atoms with E-state index in [4.69, 9.17) is 4.74 Å². The number of hydrogen-bond donors (Lipinski definition) is 0. The van der Waals surface area contributed by atoms with Gasteiger partial charge in [-0.05, 0) is 90.2 Å². The van der Waals surface area contributed by atoms with E-state index in [-0.39, 0.29) is 11.3 Å². The van der Waals surface area contributed by atoms with Crippen LogP contribution in [-0.2, 0) is 9.53 Å². The quantitative estimate of drug-likeness (QED) is 0.456. The van der Waals surface area contributed by atoms with Crippen molar-refractivity contribution < 1.29 is 9.53 Å². The average Bonchev–Trinajstić information content (AvgIpc) is 3.05. The maximum absolute atomic E-state index is 13.5. The Hall–Kier alpha value is -1.05. The van der Waals surface area contributed by atoms with Crippen LogP contribution in [0.3, 0.4) is 0 Å². The largest absolute Gasteiger partial charge is 0.501 e. The Bertz CT molecular complexity index is 731. The molecule has 0 saturated heterocycles. The van der Waals surface area contributed by atoms with Crippen LogP contribution in [-0.4, -0.2) is 12.9 Å². The van der Waals surface area contributed by atoms with Crippen LogP contribution in [0.5, 0.6) is 0 Å². The van der Waals surface area contributed by atoms with E-state index in [0.29, 0.717) is 23.0 Å². The summed E-state index contributed by atoms with van der Waals surface area (Å²) in [5.74, 6) is 5.22. The van der Waals surface area contributed by atoms with Crippen molar-refractivity contribution in [3.8, 4) is 0 Å². The van der Waals surface area contributed by atoms with Crippen molar-refractivity contribution in [3.05, 3.63) is 23.5 Å². The molecule has 0 aromatic heterocycles. The van der Waals surface area contributed by atoms with Crippen molar-refractivity contribution in [1.82, 2.24) is 0 Å². The summed E-state index contributed by atoms with van der Waals surface area (Å²) in [7, 11) is 1.76. The van der Waals surface area contributed by atoms with E-state index in [0.717, 1.165) is 36.4 Å². The lowest BCUT2D eigenvalue weighted by Gasteiger charge is -2.56. The molecular weight excluding hydrogens is 368 g/mol. The van der Waals surface area contributed by atoms with E-state index in [2.05, 4.69) is 40.7 Å². The molecule has 0 amide bonds. The topological polar surface area (TPSA) is 26.3 Å². The number of ether oxygens (including phenoxy) is 1. The first-order valence-corrected chi connectivity index (χ1v) is 12.7. The molecule has 0 aliphatic heterocycles. The van der Waals surface area contributed by atoms with Crippen molar-refractivity contribution in [1.29, 1.82) is 0 Å². The predicted molar refractivity (Wildman–Crippen MR) is 124 cm³/mol. The summed E-state index contributed by atoms with van der Waals surface area (Å²) in [6.45, 7) is 12.2. The van der Waals surface area contributed by atoms with Crippen LogP contribution >= 0.6 is 0 Å². The molecule has 0 unspecified atom stereocenters. The van der Waals surface area contributed by atoms with E-state index >= 15 is 0 Å². The highest BCUT2D eigenvalue weighted by Crippen LogP contribution is 2.66. The molecule has 2 heteroatoms. The van der Waals surface area contributed by atoms with Gasteiger partial charge in [-0.3, -0.25) is 4.79 Å². The summed E-state index contributed by atoms with van der Waals surface area (Å²) in [6.07, 6.45) is 15.6. The van der Waals surface area contributed by atoms with Crippen LogP contribution in [0.2, 0.25) is 0 Å². The minimum Gasteiger partial charge on any atom is -0.501 e. The number of methoxy groups -OCH3 is 1. The number of allylic oxidation sites excluding steroid dienone is 4. The van der Waals surface area contributed by atoms with Gasteiger partial charge in [-0.2, -0.15) is 0 Å². The van der Waals surface area contributed by atoms with Crippen molar-refractivity contribution >= 4 is 5.78 Å². The molecule has 4 aliphatic carbocycles. The van der Waals surface area contributed by atoms with Gasteiger partial charge in [0.2, 0.25) is 0 Å². The van der Waals surface area contributed by atoms with E-state index in [1.165, 1.54) is 50.5 Å². The van der Waals surface area contributed by atoms with E-state index in [1.807, 2.05) is 6.08 Å². The smallest absolute Gasteiger partial charge is 0.159 e. The van der Waals surface area contributed by atoms with Gasteiger partial charge in [0.05, 0.1) is 12.9 Å². The molecule has 0 N–H and O–H groups in total. The zero-order valence-corrected chi connectivity index (χ0v) is 20.3. The summed E-state index contributed by atoms with van der Waals surface area (Å²) >= 11 is 0. The third kappa shape index (κ3) is 3.51. The maximum Gasteiger partial charge on any atom is 0.159 e. The van der Waals surface area contributed by atoms with Crippen molar-refractivity contribution in [2.45, 2.75) is 92.4 Å². The normalized spacial score (nSPS) is 41.5. The first-order valence-electron chi connectivity index (χ1n) is 12.7. The molecule has 7 atom stereocenters. The Morgan fingerprint density at radius 3 is 2.50 bits per heavy atom. The lowest BCUT2D eigenvalue weighted by atomic mass is 9.47. The van der Waals surface area contributed by atoms with Gasteiger partial charge >= 0.3 is 0 Å². The van der Waals surface area contributed by atoms with Gasteiger partial charge in [0.25, 0.3) is 0 Å². The molecule has 0 radical (unpaired) electrons. The molecule has 2 saturated carbocycles. The standard InChI is InChI=1S/C28H44O2/c1-18(2)8-7-9-19(3)22-10-11-23-26-24(13-15-28(22,23)5)27(4)14-12-21(30-6)16-20(27)17-25(26)29/h16-19,22-24,26H,7-15H2,1-6H3/t19-,22-,23+,24+,26+,27+,28-/m1/s1. The second kappa shape index (κ2) is 8.14. The molecule has 0 bridgehead atoms. The summed E-state index contributed by atoms with van der Waals surface area (Å²) in [6, 6.07) is 0. The molecule has 30 heavy (non-hydrogen) atoms. The zero-order chi connectivity index (χ0) is 21.7. The Kier molecular flexibility index (Phi) is 6.01. The Morgan fingerprint density at radius 2 is 1.80 bits per heavy atom. The van der Waals surface area contributed by atoms with Gasteiger partial charge in [0.1, 0.15) is 0 Å². The molecule has 0 spiro atoms. The number of ketones is 1. The summed E-state index contributed by atoms with van der Waals surface area (Å²) in [5.41, 5.74) is 1.76. The van der Waals surface area contributed by atoms with E-state index in [9.17, 15) is 4.79 Å². The molecule has 4 aliphatic rings. The number of carbonyl (C=O) groups is 1. The highest BCUT2D eigenvalue weighted by Gasteiger charge is 2.60. The number of carbonyl (C=O) groups excluding carboxylic acids is 1. The average molecular weight is 413 g/mol. The lowest BCUT2D eigenvalue weighted by Crippen LogP contribution is -2.52. The van der Waals surface area contributed by atoms with Gasteiger partial charge in [-0.1, -0.05) is 53.9 Å². The molecular formula is C28H44O2. The van der Waals surface area contributed by atoms with Crippen molar-refractivity contribution in [2.24, 2.45) is 46.3 Å². The van der Waals surface area contributed by atoms with Crippen LogP contribution < -0.4 is 0 Å². The Morgan fingerprint density at radius 1 is 1.03 bits per heavy atom. The van der Waals surface area contributed by atoms with E-state index in [1.54, 1.807) is 7.11 Å². The van der Waals surface area contributed by atoms with Gasteiger partial charge in [-0.25, -0.2) is 0 Å². The molecule has 0 heterocycles. The summed E-state index contributed by atoms with van der Waals surface area (Å²) in [5, 5.41) is 0. The van der Waals surface area contributed by atoms with Gasteiger partial charge in [0, 0.05) is 12.3 Å². The fourth-order valence-electron chi connectivity index (χ4n) is 8.23. The summed E-state index contributed by atoms with van der Waals surface area (Å²) in [4.78, 5) is 13.5. The number of rotatable bonds is 6. The number of fused-ring (bicyclic) bond motifs is 5. The highest BCUT2D eigenvalue weighted by molar-refractivity contribution is 5.95. The van der Waals surface area contributed by atoms with Crippen LogP contribution in [0.25, 0.3) is 0 Å². The van der Waals surface area contributed by atoms with Gasteiger partial charge in [0.15, 0.2) is 5.78 Å². The van der Waals surface area contributed by atoms with Crippen LogP contribution in [0, 0.1) is 46.3 Å². The fourth-order valence-corrected chi connectivity index (χ4v) is 8.23. The molecule has 2 fully saturated rings. The molecule has 0 aromatic carbocycles.